The van der Waals surface area contributed by atoms with Crippen LogP contribution in [0.5, 0.6) is 0 Å². The second-order valence-electron chi connectivity index (χ2n) is 6.12. The van der Waals surface area contributed by atoms with Gasteiger partial charge in [0.1, 0.15) is 0 Å². The van der Waals surface area contributed by atoms with Gasteiger partial charge in [0.05, 0.1) is 5.69 Å². The molecule has 1 saturated heterocycles. The first kappa shape index (κ1) is 15.8. The van der Waals surface area contributed by atoms with Crippen LogP contribution in [0.2, 0.25) is 0 Å². The van der Waals surface area contributed by atoms with Crippen LogP contribution in [0, 0.1) is 5.92 Å². The first-order valence-electron chi connectivity index (χ1n) is 7.57. The van der Waals surface area contributed by atoms with Crippen molar-refractivity contribution >= 4 is 11.8 Å². The van der Waals surface area contributed by atoms with Crippen LogP contribution >= 0.6 is 11.8 Å². The molecular weight excluding hydrogens is 266 g/mol. The van der Waals surface area contributed by atoms with Crippen LogP contribution in [-0.2, 0) is 13.1 Å². The topological polar surface area (TPSA) is 28.2 Å². The SMILES string of the molecule is CC(C)CNCc1ccc(CN(C)C2CCSC2)nc1. The summed E-state index contributed by atoms with van der Waals surface area (Å²) in [4.78, 5) is 7.04. The van der Waals surface area contributed by atoms with Gasteiger partial charge in [0.15, 0.2) is 0 Å². The highest BCUT2D eigenvalue weighted by Gasteiger charge is 2.20. The molecule has 20 heavy (non-hydrogen) atoms. The average molecular weight is 293 g/mol. The third-order valence-corrected chi connectivity index (χ3v) is 4.85. The fourth-order valence-electron chi connectivity index (χ4n) is 2.41. The van der Waals surface area contributed by atoms with Crippen molar-refractivity contribution in [3.8, 4) is 0 Å². The molecule has 2 rings (SSSR count). The van der Waals surface area contributed by atoms with E-state index in [4.69, 9.17) is 0 Å². The molecule has 0 radical (unpaired) electrons. The van der Waals surface area contributed by atoms with E-state index >= 15 is 0 Å². The third-order valence-electron chi connectivity index (χ3n) is 3.71. The number of rotatable bonds is 7. The highest BCUT2D eigenvalue weighted by Crippen LogP contribution is 2.22. The molecule has 1 atom stereocenters. The highest BCUT2D eigenvalue weighted by atomic mass is 32.2. The predicted molar refractivity (Wildman–Crippen MR) is 88.0 cm³/mol. The fourth-order valence-corrected chi connectivity index (χ4v) is 3.71. The minimum atomic E-state index is 0.695. The summed E-state index contributed by atoms with van der Waals surface area (Å²) >= 11 is 2.06. The van der Waals surface area contributed by atoms with E-state index in [0.29, 0.717) is 5.92 Å². The Morgan fingerprint density at radius 1 is 1.45 bits per heavy atom. The molecule has 1 aromatic heterocycles. The van der Waals surface area contributed by atoms with Gasteiger partial charge in [-0.3, -0.25) is 9.88 Å². The number of nitrogens with one attached hydrogen (secondary N) is 1. The van der Waals surface area contributed by atoms with Crippen LogP contribution in [0.4, 0.5) is 0 Å². The zero-order valence-corrected chi connectivity index (χ0v) is 13.7. The van der Waals surface area contributed by atoms with Crippen molar-refractivity contribution in [1.82, 2.24) is 15.2 Å². The van der Waals surface area contributed by atoms with Gasteiger partial charge in [-0.05, 0) is 43.3 Å². The lowest BCUT2D eigenvalue weighted by atomic mass is 10.2. The molecule has 0 spiro atoms. The van der Waals surface area contributed by atoms with Crippen LogP contribution in [-0.4, -0.2) is 41.0 Å². The molecule has 1 aliphatic rings. The number of hydrogen-bond donors (Lipinski definition) is 1. The van der Waals surface area contributed by atoms with Gasteiger partial charge >= 0.3 is 0 Å². The molecule has 0 saturated carbocycles. The van der Waals surface area contributed by atoms with Crippen LogP contribution in [0.25, 0.3) is 0 Å². The normalized spacial score (nSPS) is 19.1. The van der Waals surface area contributed by atoms with Crippen LogP contribution in [0.3, 0.4) is 0 Å². The lowest BCUT2D eigenvalue weighted by molar-refractivity contribution is 0.251. The van der Waals surface area contributed by atoms with Crippen molar-refractivity contribution in [2.45, 2.75) is 39.4 Å². The van der Waals surface area contributed by atoms with Gasteiger partial charge in [-0.15, -0.1) is 0 Å². The molecule has 0 bridgehead atoms. The Morgan fingerprint density at radius 3 is 2.90 bits per heavy atom. The third kappa shape index (κ3) is 5.08. The van der Waals surface area contributed by atoms with E-state index in [1.54, 1.807) is 0 Å². The number of thioether (sulfide) groups is 1. The monoisotopic (exact) mass is 293 g/mol. The lowest BCUT2D eigenvalue weighted by Crippen LogP contribution is -2.31. The summed E-state index contributed by atoms with van der Waals surface area (Å²) in [6.45, 7) is 7.40. The Hall–Kier alpha value is -0.580. The van der Waals surface area contributed by atoms with Gasteiger partial charge < -0.3 is 5.32 Å². The van der Waals surface area contributed by atoms with E-state index in [-0.39, 0.29) is 0 Å². The minimum absolute atomic E-state index is 0.695. The van der Waals surface area contributed by atoms with Crippen LogP contribution < -0.4 is 5.32 Å². The smallest absolute Gasteiger partial charge is 0.0544 e. The van der Waals surface area contributed by atoms with E-state index in [1.807, 2.05) is 6.20 Å². The number of aromatic nitrogens is 1. The summed E-state index contributed by atoms with van der Waals surface area (Å²) in [7, 11) is 2.22. The Labute approximate surface area is 127 Å². The first-order valence-corrected chi connectivity index (χ1v) is 8.73. The van der Waals surface area contributed by atoms with E-state index in [1.165, 1.54) is 29.2 Å². The molecule has 1 aliphatic heterocycles. The standard InChI is InChI=1S/C16H27N3S/c1-13(2)8-17-9-14-4-5-15(18-10-14)11-19(3)16-6-7-20-12-16/h4-5,10,13,16-17H,6-9,11-12H2,1-3H3. The second kappa shape index (κ2) is 8.01. The second-order valence-corrected chi connectivity index (χ2v) is 7.26. The molecule has 0 aromatic carbocycles. The molecule has 1 unspecified atom stereocenters. The van der Waals surface area contributed by atoms with Gasteiger partial charge in [0, 0.05) is 31.1 Å². The molecule has 112 valence electrons. The van der Waals surface area contributed by atoms with Crippen molar-refractivity contribution < 1.29 is 0 Å². The van der Waals surface area contributed by atoms with Crippen molar-refractivity contribution in [2.24, 2.45) is 5.92 Å². The Bertz CT molecular complexity index is 385. The minimum Gasteiger partial charge on any atom is -0.312 e. The van der Waals surface area contributed by atoms with Gasteiger partial charge in [-0.25, -0.2) is 0 Å². The molecule has 0 aliphatic carbocycles. The number of nitrogens with zero attached hydrogens (tertiary/aromatic N) is 2. The van der Waals surface area contributed by atoms with Gasteiger partial charge in [0.25, 0.3) is 0 Å². The Kier molecular flexibility index (Phi) is 6.33. The first-order chi connectivity index (χ1) is 9.65. The zero-order valence-electron chi connectivity index (χ0n) is 12.9. The molecule has 2 heterocycles. The van der Waals surface area contributed by atoms with Crippen molar-refractivity contribution in [3.05, 3.63) is 29.6 Å². The lowest BCUT2D eigenvalue weighted by Gasteiger charge is -2.22. The van der Waals surface area contributed by atoms with Crippen molar-refractivity contribution in [1.29, 1.82) is 0 Å². The van der Waals surface area contributed by atoms with Gasteiger partial charge in [-0.2, -0.15) is 11.8 Å². The van der Waals surface area contributed by atoms with E-state index in [0.717, 1.165) is 25.7 Å². The maximum atomic E-state index is 4.60. The van der Waals surface area contributed by atoms with Crippen molar-refractivity contribution in [3.63, 3.8) is 0 Å². The summed E-state index contributed by atoms with van der Waals surface area (Å²) in [5.74, 6) is 3.27. The highest BCUT2D eigenvalue weighted by molar-refractivity contribution is 7.99. The van der Waals surface area contributed by atoms with Crippen LogP contribution in [0.15, 0.2) is 18.3 Å². The molecule has 3 nitrogen and oxygen atoms in total. The Morgan fingerprint density at radius 2 is 2.30 bits per heavy atom. The summed E-state index contributed by atoms with van der Waals surface area (Å²) in [6, 6.07) is 5.10. The molecule has 1 N–H and O–H groups in total. The maximum Gasteiger partial charge on any atom is 0.0544 e. The summed E-state index contributed by atoms with van der Waals surface area (Å²) in [5.41, 5.74) is 2.45. The summed E-state index contributed by atoms with van der Waals surface area (Å²) < 4.78 is 0. The van der Waals surface area contributed by atoms with E-state index < -0.39 is 0 Å². The number of pyridine rings is 1. The van der Waals surface area contributed by atoms with E-state index in [2.05, 4.69) is 60.0 Å². The van der Waals surface area contributed by atoms with Crippen molar-refractivity contribution in [2.75, 3.05) is 25.1 Å². The summed E-state index contributed by atoms with van der Waals surface area (Å²) in [5, 5.41) is 3.45. The molecule has 4 heteroatoms. The fraction of sp³-hybridized carbons (Fsp3) is 0.688. The van der Waals surface area contributed by atoms with E-state index in [9.17, 15) is 0 Å². The number of hydrogen-bond acceptors (Lipinski definition) is 4. The van der Waals surface area contributed by atoms with Gasteiger partial charge in [0.2, 0.25) is 0 Å². The Balaban J connectivity index is 1.78. The zero-order chi connectivity index (χ0) is 14.4. The molecular formula is C16H27N3S. The largest absolute Gasteiger partial charge is 0.312 e. The van der Waals surface area contributed by atoms with Crippen LogP contribution in [0.1, 0.15) is 31.5 Å². The quantitative estimate of drug-likeness (QED) is 0.837. The molecule has 1 aromatic rings. The maximum absolute atomic E-state index is 4.60. The molecule has 1 fully saturated rings. The average Bonchev–Trinajstić information content (AvgIpc) is 2.94. The predicted octanol–water partition coefficient (Wildman–Crippen LogP) is 2.76. The molecule has 0 amide bonds. The summed E-state index contributed by atoms with van der Waals surface area (Å²) in [6.07, 6.45) is 3.33. The van der Waals surface area contributed by atoms with Gasteiger partial charge in [-0.1, -0.05) is 19.9 Å².